The predicted molar refractivity (Wildman–Crippen MR) is 127 cm³/mol. The zero-order chi connectivity index (χ0) is 22.3. The van der Waals surface area contributed by atoms with E-state index < -0.39 is 0 Å². The molecule has 0 atom stereocenters. The van der Waals surface area contributed by atoms with Crippen LogP contribution in [-0.4, -0.2) is 12.1 Å². The molecule has 0 bridgehead atoms. The van der Waals surface area contributed by atoms with Crippen molar-refractivity contribution < 1.29 is 4.74 Å². The van der Waals surface area contributed by atoms with E-state index in [1.165, 1.54) is 11.8 Å². The van der Waals surface area contributed by atoms with E-state index in [9.17, 15) is 10.5 Å². The van der Waals surface area contributed by atoms with Gasteiger partial charge in [-0.05, 0) is 35.4 Å². The number of ether oxygens (including phenoxy) is 1. The zero-order valence-electron chi connectivity index (χ0n) is 17.4. The summed E-state index contributed by atoms with van der Waals surface area (Å²) in [7, 11) is 1.63. The van der Waals surface area contributed by atoms with E-state index in [0.29, 0.717) is 21.9 Å². The molecule has 0 radical (unpaired) electrons. The quantitative estimate of drug-likeness (QED) is 0.326. The molecule has 32 heavy (non-hydrogen) atoms. The van der Waals surface area contributed by atoms with Crippen LogP contribution >= 0.6 is 11.8 Å². The molecule has 5 heteroatoms. The number of rotatable bonds is 6. The molecular formula is C27H19N3OS. The van der Waals surface area contributed by atoms with Gasteiger partial charge in [-0.25, -0.2) is 4.98 Å². The maximum absolute atomic E-state index is 10.0. The summed E-state index contributed by atoms with van der Waals surface area (Å²) >= 11 is 1.47. The average molecular weight is 434 g/mol. The zero-order valence-corrected chi connectivity index (χ0v) is 18.3. The van der Waals surface area contributed by atoms with Gasteiger partial charge in [0.05, 0.1) is 30.0 Å². The molecule has 4 aromatic rings. The summed E-state index contributed by atoms with van der Waals surface area (Å²) in [6.07, 6.45) is 0. The van der Waals surface area contributed by atoms with Crippen molar-refractivity contribution in [3.05, 3.63) is 102 Å². The van der Waals surface area contributed by atoms with Gasteiger partial charge in [0.2, 0.25) is 0 Å². The number of hydrogen-bond donors (Lipinski definition) is 0. The van der Waals surface area contributed by atoms with E-state index in [4.69, 9.17) is 9.72 Å². The van der Waals surface area contributed by atoms with Crippen molar-refractivity contribution >= 4 is 11.8 Å². The standard InChI is InChI=1S/C27H19N3OS/c1-31-23-13-11-19(12-14-23)24-15-26(20-7-3-2-4-8-20)30-27(25(24)17-29)32-18-22-10-6-5-9-21(22)16-28/h2-15H,18H2,1H3. The first-order valence-electron chi connectivity index (χ1n) is 9.99. The number of nitrogens with zero attached hydrogens (tertiary/aromatic N) is 3. The van der Waals surface area contributed by atoms with Gasteiger partial charge in [-0.3, -0.25) is 0 Å². The average Bonchev–Trinajstić information content (AvgIpc) is 2.87. The smallest absolute Gasteiger partial charge is 0.118 e. The summed E-state index contributed by atoms with van der Waals surface area (Å²) in [4.78, 5) is 4.84. The second-order valence-electron chi connectivity index (χ2n) is 7.00. The van der Waals surface area contributed by atoms with Gasteiger partial charge < -0.3 is 4.74 Å². The van der Waals surface area contributed by atoms with Crippen LogP contribution in [0.1, 0.15) is 16.7 Å². The number of pyridine rings is 1. The van der Waals surface area contributed by atoms with Crippen molar-refractivity contribution in [1.82, 2.24) is 4.98 Å². The fraction of sp³-hybridized carbons (Fsp3) is 0.0741. The predicted octanol–water partition coefficient (Wildman–Crippen LogP) is 6.46. The van der Waals surface area contributed by atoms with Gasteiger partial charge in [0.1, 0.15) is 16.8 Å². The SMILES string of the molecule is COc1ccc(-c2cc(-c3ccccc3)nc(SCc3ccccc3C#N)c2C#N)cc1. The van der Waals surface area contributed by atoms with Crippen molar-refractivity contribution in [2.24, 2.45) is 0 Å². The lowest BCUT2D eigenvalue weighted by Crippen LogP contribution is -1.97. The lowest BCUT2D eigenvalue weighted by molar-refractivity contribution is 0.415. The molecule has 1 heterocycles. The maximum atomic E-state index is 10.0. The molecular weight excluding hydrogens is 414 g/mol. The third kappa shape index (κ3) is 4.49. The molecule has 1 aromatic heterocycles. The minimum atomic E-state index is 0.522. The van der Waals surface area contributed by atoms with Gasteiger partial charge >= 0.3 is 0 Å². The fourth-order valence-electron chi connectivity index (χ4n) is 3.39. The van der Waals surface area contributed by atoms with E-state index in [2.05, 4.69) is 12.1 Å². The lowest BCUT2D eigenvalue weighted by atomic mass is 9.99. The Morgan fingerprint density at radius 1 is 0.844 bits per heavy atom. The third-order valence-electron chi connectivity index (χ3n) is 5.07. The summed E-state index contributed by atoms with van der Waals surface area (Å²) < 4.78 is 5.28. The lowest BCUT2D eigenvalue weighted by Gasteiger charge is -2.13. The van der Waals surface area contributed by atoms with Crippen LogP contribution in [-0.2, 0) is 5.75 Å². The first-order valence-corrected chi connectivity index (χ1v) is 11.0. The van der Waals surface area contributed by atoms with Gasteiger partial charge in [-0.1, -0.05) is 60.7 Å². The molecule has 0 saturated carbocycles. The second-order valence-corrected chi connectivity index (χ2v) is 7.96. The van der Waals surface area contributed by atoms with Gasteiger partial charge in [-0.2, -0.15) is 10.5 Å². The Balaban J connectivity index is 1.82. The number of aromatic nitrogens is 1. The largest absolute Gasteiger partial charge is 0.497 e. The molecule has 4 nitrogen and oxygen atoms in total. The number of hydrogen-bond acceptors (Lipinski definition) is 5. The highest BCUT2D eigenvalue weighted by atomic mass is 32.2. The number of methoxy groups -OCH3 is 1. The Hall–Kier alpha value is -4.06. The van der Waals surface area contributed by atoms with E-state index >= 15 is 0 Å². The minimum absolute atomic E-state index is 0.522. The van der Waals surface area contributed by atoms with Gasteiger partial charge in [0.25, 0.3) is 0 Å². The maximum Gasteiger partial charge on any atom is 0.118 e. The van der Waals surface area contributed by atoms with Crippen molar-refractivity contribution in [2.45, 2.75) is 10.8 Å². The van der Waals surface area contributed by atoms with Crippen molar-refractivity contribution in [3.8, 4) is 40.3 Å². The van der Waals surface area contributed by atoms with Gasteiger partial charge in [-0.15, -0.1) is 11.8 Å². The minimum Gasteiger partial charge on any atom is -0.497 e. The molecule has 0 aliphatic rings. The highest BCUT2D eigenvalue weighted by Crippen LogP contribution is 2.36. The molecule has 3 aromatic carbocycles. The summed E-state index contributed by atoms with van der Waals surface area (Å²) in [5.41, 5.74) is 5.59. The second kappa shape index (κ2) is 9.83. The van der Waals surface area contributed by atoms with Crippen LogP contribution in [0.5, 0.6) is 5.75 Å². The summed E-state index contributed by atoms with van der Waals surface area (Å²) in [6, 6.07) is 31.6. The first kappa shape index (κ1) is 21.2. The fourth-order valence-corrected chi connectivity index (χ4v) is 4.40. The molecule has 0 aliphatic heterocycles. The molecule has 4 rings (SSSR count). The van der Waals surface area contributed by atoms with Crippen molar-refractivity contribution in [1.29, 1.82) is 10.5 Å². The van der Waals surface area contributed by atoms with Crippen LogP contribution in [0.3, 0.4) is 0 Å². The Kier molecular flexibility index (Phi) is 6.51. The molecule has 0 fully saturated rings. The van der Waals surface area contributed by atoms with Gasteiger partial charge in [0.15, 0.2) is 0 Å². The molecule has 0 spiro atoms. The molecule has 0 saturated heterocycles. The Morgan fingerprint density at radius 2 is 1.56 bits per heavy atom. The van der Waals surface area contributed by atoms with Crippen LogP contribution in [0.2, 0.25) is 0 Å². The first-order chi connectivity index (χ1) is 15.7. The van der Waals surface area contributed by atoms with E-state index in [1.807, 2.05) is 78.9 Å². The van der Waals surface area contributed by atoms with E-state index in [0.717, 1.165) is 33.7 Å². The van der Waals surface area contributed by atoms with Crippen molar-refractivity contribution in [3.63, 3.8) is 0 Å². The number of benzene rings is 3. The van der Waals surface area contributed by atoms with E-state index in [1.54, 1.807) is 13.2 Å². The van der Waals surface area contributed by atoms with Crippen LogP contribution in [0, 0.1) is 22.7 Å². The Bertz CT molecular complexity index is 1320. The van der Waals surface area contributed by atoms with Crippen LogP contribution in [0.15, 0.2) is 90.0 Å². The molecule has 0 amide bonds. The molecule has 0 aliphatic carbocycles. The number of thioether (sulfide) groups is 1. The van der Waals surface area contributed by atoms with E-state index in [-0.39, 0.29) is 0 Å². The molecule has 0 unspecified atom stereocenters. The van der Waals surface area contributed by atoms with Crippen LogP contribution in [0.25, 0.3) is 22.4 Å². The summed E-state index contributed by atoms with van der Waals surface area (Å²) in [6.45, 7) is 0. The van der Waals surface area contributed by atoms with Crippen molar-refractivity contribution in [2.75, 3.05) is 7.11 Å². The Labute approximate surface area is 191 Å². The highest BCUT2D eigenvalue weighted by molar-refractivity contribution is 7.98. The summed E-state index contributed by atoms with van der Waals surface area (Å²) in [5, 5.41) is 20.1. The topological polar surface area (TPSA) is 69.7 Å². The highest BCUT2D eigenvalue weighted by Gasteiger charge is 2.16. The molecule has 154 valence electrons. The monoisotopic (exact) mass is 433 g/mol. The van der Waals surface area contributed by atoms with Gasteiger partial charge in [0, 0.05) is 16.9 Å². The number of nitriles is 2. The normalized spacial score (nSPS) is 10.2. The summed E-state index contributed by atoms with van der Waals surface area (Å²) in [5.74, 6) is 1.30. The molecule has 0 N–H and O–H groups in total. The van der Waals surface area contributed by atoms with Crippen LogP contribution in [0.4, 0.5) is 0 Å². The van der Waals surface area contributed by atoms with Crippen LogP contribution < -0.4 is 4.74 Å². The third-order valence-corrected chi connectivity index (χ3v) is 6.10. The Morgan fingerprint density at radius 3 is 2.25 bits per heavy atom.